The first-order valence-electron chi connectivity index (χ1n) is 6.24. The second-order valence-corrected chi connectivity index (χ2v) is 4.21. The van der Waals surface area contributed by atoms with Crippen molar-refractivity contribution in [2.75, 3.05) is 18.5 Å². The number of hydrogen-bond donors (Lipinski definition) is 2. The van der Waals surface area contributed by atoms with Crippen molar-refractivity contribution in [3.8, 4) is 5.75 Å². The lowest BCUT2D eigenvalue weighted by Gasteiger charge is -2.10. The molecule has 0 heterocycles. The van der Waals surface area contributed by atoms with Gasteiger partial charge < -0.3 is 15.8 Å². The van der Waals surface area contributed by atoms with E-state index >= 15 is 0 Å². The van der Waals surface area contributed by atoms with Gasteiger partial charge in [0.05, 0.1) is 4.92 Å². The molecular weight excluding hydrogens is 277 g/mol. The molecule has 0 radical (unpaired) electrons. The number of nitro benzene ring substituents is 1. The maximum absolute atomic E-state index is 13.3. The van der Waals surface area contributed by atoms with Crippen molar-refractivity contribution in [2.45, 2.75) is 0 Å². The highest BCUT2D eigenvalue weighted by Gasteiger charge is 2.14. The van der Waals surface area contributed by atoms with Crippen LogP contribution < -0.4 is 15.8 Å². The minimum atomic E-state index is -0.573. The molecular formula is C14H14FN3O3. The lowest BCUT2D eigenvalue weighted by Crippen LogP contribution is -2.10. The third kappa shape index (κ3) is 3.90. The third-order valence-corrected chi connectivity index (χ3v) is 2.65. The summed E-state index contributed by atoms with van der Waals surface area (Å²) >= 11 is 0. The molecule has 110 valence electrons. The Morgan fingerprint density at radius 3 is 2.81 bits per heavy atom. The van der Waals surface area contributed by atoms with E-state index in [0.717, 1.165) is 18.2 Å². The van der Waals surface area contributed by atoms with E-state index in [4.69, 9.17) is 10.5 Å². The summed E-state index contributed by atoms with van der Waals surface area (Å²) < 4.78 is 18.6. The SMILES string of the molecule is NCCOc1cccc(Nc2cc(F)ccc2[N+](=O)[O-])c1. The van der Waals surface area contributed by atoms with Gasteiger partial charge in [-0.1, -0.05) is 6.07 Å². The van der Waals surface area contributed by atoms with Gasteiger partial charge in [0.2, 0.25) is 0 Å². The van der Waals surface area contributed by atoms with Crippen molar-refractivity contribution in [1.82, 2.24) is 0 Å². The molecule has 21 heavy (non-hydrogen) atoms. The van der Waals surface area contributed by atoms with Crippen LogP contribution in [0.5, 0.6) is 5.75 Å². The van der Waals surface area contributed by atoms with Crippen LogP contribution in [0.25, 0.3) is 0 Å². The van der Waals surface area contributed by atoms with E-state index in [-0.39, 0.29) is 11.4 Å². The Bertz CT molecular complexity index is 649. The van der Waals surface area contributed by atoms with Crippen molar-refractivity contribution < 1.29 is 14.1 Å². The third-order valence-electron chi connectivity index (χ3n) is 2.65. The lowest BCUT2D eigenvalue weighted by atomic mass is 10.2. The summed E-state index contributed by atoms with van der Waals surface area (Å²) in [6.45, 7) is 0.747. The molecule has 6 nitrogen and oxygen atoms in total. The second kappa shape index (κ2) is 6.67. The number of nitrogens with one attached hydrogen (secondary N) is 1. The predicted molar refractivity (Wildman–Crippen MR) is 77.3 cm³/mol. The van der Waals surface area contributed by atoms with Gasteiger partial charge in [-0.15, -0.1) is 0 Å². The van der Waals surface area contributed by atoms with Gasteiger partial charge in [0.15, 0.2) is 0 Å². The normalized spacial score (nSPS) is 10.2. The highest BCUT2D eigenvalue weighted by atomic mass is 19.1. The van der Waals surface area contributed by atoms with Crippen molar-refractivity contribution in [2.24, 2.45) is 5.73 Å². The van der Waals surface area contributed by atoms with Crippen LogP contribution in [0.15, 0.2) is 42.5 Å². The number of nitrogens with two attached hydrogens (primary N) is 1. The van der Waals surface area contributed by atoms with E-state index in [1.807, 2.05) is 0 Å². The van der Waals surface area contributed by atoms with Gasteiger partial charge in [0, 0.05) is 30.4 Å². The number of anilines is 2. The number of nitrogens with zero attached hydrogens (tertiary/aromatic N) is 1. The van der Waals surface area contributed by atoms with Gasteiger partial charge in [-0.3, -0.25) is 10.1 Å². The zero-order valence-electron chi connectivity index (χ0n) is 11.1. The van der Waals surface area contributed by atoms with E-state index < -0.39 is 10.7 Å². The Hall–Kier alpha value is -2.67. The highest BCUT2D eigenvalue weighted by molar-refractivity contribution is 5.70. The standard InChI is InChI=1S/C14H14FN3O3/c15-10-4-5-14(18(19)20)13(8-10)17-11-2-1-3-12(9-11)21-7-6-16/h1-5,8-9,17H,6-7,16H2. The molecule has 0 aliphatic carbocycles. The summed E-state index contributed by atoms with van der Waals surface area (Å²) in [5.41, 5.74) is 5.78. The maximum Gasteiger partial charge on any atom is 0.292 e. The molecule has 2 rings (SSSR count). The average Bonchev–Trinajstić information content (AvgIpc) is 2.45. The highest BCUT2D eigenvalue weighted by Crippen LogP contribution is 2.29. The minimum absolute atomic E-state index is 0.0796. The first-order chi connectivity index (χ1) is 10.1. The molecule has 0 aromatic heterocycles. The van der Waals surface area contributed by atoms with Gasteiger partial charge in [-0.2, -0.15) is 0 Å². The fraction of sp³-hybridized carbons (Fsp3) is 0.143. The van der Waals surface area contributed by atoms with Gasteiger partial charge in [-0.05, 0) is 18.2 Å². The molecule has 2 aromatic rings. The Morgan fingerprint density at radius 2 is 2.10 bits per heavy atom. The number of ether oxygens (including phenoxy) is 1. The first-order valence-corrected chi connectivity index (χ1v) is 6.24. The molecule has 3 N–H and O–H groups in total. The Labute approximate surface area is 120 Å². The number of nitro groups is 1. The van der Waals surface area contributed by atoms with Crippen LogP contribution in [0.4, 0.5) is 21.5 Å². The number of halogens is 1. The van der Waals surface area contributed by atoms with Crippen LogP contribution >= 0.6 is 0 Å². The van der Waals surface area contributed by atoms with Crippen LogP contribution in [0.3, 0.4) is 0 Å². The van der Waals surface area contributed by atoms with Gasteiger partial charge >= 0.3 is 0 Å². The van der Waals surface area contributed by atoms with Gasteiger partial charge in [-0.25, -0.2) is 4.39 Å². The topological polar surface area (TPSA) is 90.4 Å². The van der Waals surface area contributed by atoms with Crippen molar-refractivity contribution >= 4 is 17.1 Å². The van der Waals surface area contributed by atoms with Gasteiger partial charge in [0.1, 0.15) is 23.9 Å². The van der Waals surface area contributed by atoms with E-state index in [1.54, 1.807) is 24.3 Å². The molecule has 0 aliphatic rings. The second-order valence-electron chi connectivity index (χ2n) is 4.21. The van der Waals surface area contributed by atoms with E-state index in [9.17, 15) is 14.5 Å². The first kappa shape index (κ1) is 14.7. The number of rotatable bonds is 6. The van der Waals surface area contributed by atoms with Crippen LogP contribution in [0, 0.1) is 15.9 Å². The monoisotopic (exact) mass is 291 g/mol. The zero-order valence-corrected chi connectivity index (χ0v) is 11.1. The largest absolute Gasteiger partial charge is 0.492 e. The number of hydrogen-bond acceptors (Lipinski definition) is 5. The van der Waals surface area contributed by atoms with Crippen LogP contribution in [0.1, 0.15) is 0 Å². The fourth-order valence-corrected chi connectivity index (χ4v) is 1.76. The van der Waals surface area contributed by atoms with E-state index in [1.165, 1.54) is 0 Å². The molecule has 0 bridgehead atoms. The maximum atomic E-state index is 13.3. The molecule has 0 atom stereocenters. The number of benzene rings is 2. The Kier molecular flexibility index (Phi) is 4.68. The quantitative estimate of drug-likeness (QED) is 0.631. The minimum Gasteiger partial charge on any atom is -0.492 e. The molecule has 0 amide bonds. The molecule has 2 aromatic carbocycles. The zero-order chi connectivity index (χ0) is 15.2. The summed E-state index contributed by atoms with van der Waals surface area (Å²) in [5.74, 6) is 0.0168. The Balaban J connectivity index is 2.25. The molecule has 0 aliphatic heterocycles. The smallest absolute Gasteiger partial charge is 0.292 e. The summed E-state index contributed by atoms with van der Waals surface area (Å²) in [5, 5.41) is 13.8. The fourth-order valence-electron chi connectivity index (χ4n) is 1.76. The summed E-state index contributed by atoms with van der Waals surface area (Å²) in [6.07, 6.45) is 0. The molecule has 0 unspecified atom stereocenters. The molecule has 7 heteroatoms. The summed E-state index contributed by atoms with van der Waals surface area (Å²) in [6, 6.07) is 10.1. The van der Waals surface area contributed by atoms with E-state index in [2.05, 4.69) is 5.32 Å². The average molecular weight is 291 g/mol. The predicted octanol–water partition coefficient (Wildman–Crippen LogP) is 2.82. The molecule has 0 saturated carbocycles. The van der Waals surface area contributed by atoms with Crippen LogP contribution in [-0.4, -0.2) is 18.1 Å². The van der Waals surface area contributed by atoms with Crippen molar-refractivity contribution in [1.29, 1.82) is 0 Å². The molecule has 0 fully saturated rings. The Morgan fingerprint density at radius 1 is 1.29 bits per heavy atom. The summed E-state index contributed by atoms with van der Waals surface area (Å²) in [4.78, 5) is 10.4. The van der Waals surface area contributed by atoms with Crippen molar-refractivity contribution in [3.05, 3.63) is 58.4 Å². The van der Waals surface area contributed by atoms with Gasteiger partial charge in [0.25, 0.3) is 5.69 Å². The van der Waals surface area contributed by atoms with Crippen molar-refractivity contribution in [3.63, 3.8) is 0 Å². The van der Waals surface area contributed by atoms with Crippen LogP contribution in [-0.2, 0) is 0 Å². The molecule has 0 spiro atoms. The lowest BCUT2D eigenvalue weighted by molar-refractivity contribution is -0.384. The van der Waals surface area contributed by atoms with Crippen LogP contribution in [0.2, 0.25) is 0 Å². The molecule has 0 saturated heterocycles. The summed E-state index contributed by atoms with van der Waals surface area (Å²) in [7, 11) is 0. The van der Waals surface area contributed by atoms with E-state index in [0.29, 0.717) is 24.6 Å².